The van der Waals surface area contributed by atoms with Gasteiger partial charge in [0.25, 0.3) is 0 Å². The molecule has 2 aromatic rings. The van der Waals surface area contributed by atoms with Crippen LogP contribution in [0.1, 0.15) is 23.1 Å². The number of hydrogen-bond acceptors (Lipinski definition) is 5. The predicted molar refractivity (Wildman–Crippen MR) is 97.3 cm³/mol. The normalized spacial score (nSPS) is 12.6. The van der Waals surface area contributed by atoms with Gasteiger partial charge < -0.3 is 14.2 Å². The Morgan fingerprint density at radius 1 is 1.24 bits per heavy atom. The van der Waals surface area contributed by atoms with Gasteiger partial charge in [-0.25, -0.2) is 0 Å². The van der Waals surface area contributed by atoms with Crippen LogP contribution in [-0.4, -0.2) is 26.9 Å². The van der Waals surface area contributed by atoms with Gasteiger partial charge in [-0.3, -0.25) is 0 Å². The molecule has 1 aliphatic heterocycles. The van der Waals surface area contributed by atoms with Crippen LogP contribution in [0.4, 0.5) is 0 Å². The molecule has 0 unspecified atom stereocenters. The largest absolute Gasteiger partial charge is 0.494 e. The lowest BCUT2D eigenvalue weighted by Gasteiger charge is -2.15. The summed E-state index contributed by atoms with van der Waals surface area (Å²) in [6, 6.07) is 10.3. The van der Waals surface area contributed by atoms with Gasteiger partial charge in [0.15, 0.2) is 0 Å². The molecule has 5 nitrogen and oxygen atoms in total. The van der Waals surface area contributed by atoms with Gasteiger partial charge in [-0.1, -0.05) is 11.2 Å². The summed E-state index contributed by atoms with van der Waals surface area (Å²) in [7, 11) is 1.70. The summed E-state index contributed by atoms with van der Waals surface area (Å²) in [5.41, 5.74) is 5.82. The van der Waals surface area contributed by atoms with Crippen LogP contribution in [0.25, 0.3) is 11.1 Å². The number of fused-ring (bicyclic) bond motifs is 3. The van der Waals surface area contributed by atoms with Crippen molar-refractivity contribution in [3.63, 3.8) is 0 Å². The highest BCUT2D eigenvalue weighted by Gasteiger charge is 2.19. The Morgan fingerprint density at radius 3 is 2.92 bits per heavy atom. The number of ether oxygens (including phenoxy) is 3. The number of hydrogen-bond donors (Lipinski definition) is 0. The zero-order chi connectivity index (χ0) is 17.6. The van der Waals surface area contributed by atoms with E-state index >= 15 is 0 Å². The maximum atomic E-state index is 10.2. The first-order valence-corrected chi connectivity index (χ1v) is 8.53. The van der Waals surface area contributed by atoms with Crippen LogP contribution >= 0.6 is 0 Å². The average molecular weight is 341 g/mol. The van der Waals surface area contributed by atoms with Crippen LogP contribution in [0.3, 0.4) is 0 Å². The van der Waals surface area contributed by atoms with E-state index in [4.69, 9.17) is 14.2 Å². The number of methoxy groups -OCH3 is 1. The third-order valence-electron chi connectivity index (χ3n) is 4.31. The summed E-state index contributed by atoms with van der Waals surface area (Å²) in [6.45, 7) is 4.09. The summed E-state index contributed by atoms with van der Waals surface area (Å²) in [4.78, 5) is 10.2. The topological polar surface area (TPSA) is 57.1 Å². The second kappa shape index (κ2) is 8.12. The SMILES string of the molecule is COCc1ccc2c(c1)-c1c(C)cc(OCCCN=O)cc1CCO2. The Hall–Kier alpha value is -2.40. The summed E-state index contributed by atoms with van der Waals surface area (Å²) >= 11 is 0. The van der Waals surface area contributed by atoms with Crippen LogP contribution in [0.5, 0.6) is 11.5 Å². The number of aryl methyl sites for hydroxylation is 1. The standard InChI is InChI=1S/C20H23NO4/c1-14-10-17(24-8-3-7-21-22)12-16-6-9-25-19-5-4-15(13-23-2)11-18(19)20(14)16/h4-5,10-12H,3,6-9,13H2,1-2H3. The Kier molecular flexibility index (Phi) is 5.66. The average Bonchev–Trinajstić information content (AvgIpc) is 2.78. The lowest BCUT2D eigenvalue weighted by Crippen LogP contribution is -2.02. The Balaban J connectivity index is 1.94. The van der Waals surface area contributed by atoms with Crippen molar-refractivity contribution in [1.82, 2.24) is 0 Å². The number of nitrogens with zero attached hydrogens (tertiary/aromatic N) is 1. The van der Waals surface area contributed by atoms with Gasteiger partial charge in [0.2, 0.25) is 0 Å². The molecule has 0 bridgehead atoms. The second-order valence-corrected chi connectivity index (χ2v) is 6.19. The molecule has 0 radical (unpaired) electrons. The fourth-order valence-corrected chi connectivity index (χ4v) is 3.24. The van der Waals surface area contributed by atoms with Crippen molar-refractivity contribution >= 4 is 0 Å². The molecule has 0 amide bonds. The monoisotopic (exact) mass is 341 g/mol. The maximum absolute atomic E-state index is 10.2. The minimum absolute atomic E-state index is 0.285. The Morgan fingerprint density at radius 2 is 2.12 bits per heavy atom. The molecule has 0 saturated heterocycles. The van der Waals surface area contributed by atoms with Crippen molar-refractivity contribution in [3.8, 4) is 22.6 Å². The summed E-state index contributed by atoms with van der Waals surface area (Å²) in [6.07, 6.45) is 1.46. The third kappa shape index (κ3) is 3.99. The van der Waals surface area contributed by atoms with Gasteiger partial charge in [0.1, 0.15) is 11.5 Å². The molecule has 3 rings (SSSR count). The number of benzene rings is 2. The lowest BCUT2D eigenvalue weighted by molar-refractivity contribution is 0.185. The van der Waals surface area contributed by atoms with Gasteiger partial charge in [0.05, 0.1) is 26.4 Å². The molecule has 25 heavy (non-hydrogen) atoms. The van der Waals surface area contributed by atoms with Crippen molar-refractivity contribution in [3.05, 3.63) is 51.9 Å². The van der Waals surface area contributed by atoms with E-state index in [2.05, 4.69) is 24.2 Å². The molecule has 1 heterocycles. The highest BCUT2D eigenvalue weighted by molar-refractivity contribution is 5.78. The van der Waals surface area contributed by atoms with E-state index < -0.39 is 0 Å². The Labute approximate surface area is 147 Å². The van der Waals surface area contributed by atoms with E-state index in [1.165, 1.54) is 11.1 Å². The Bertz CT molecular complexity index is 758. The fraction of sp³-hybridized carbons (Fsp3) is 0.400. The minimum atomic E-state index is 0.285. The molecular formula is C20H23NO4. The van der Waals surface area contributed by atoms with E-state index in [0.29, 0.717) is 26.2 Å². The number of rotatable bonds is 7. The van der Waals surface area contributed by atoms with Crippen LogP contribution in [0.2, 0.25) is 0 Å². The van der Waals surface area contributed by atoms with E-state index in [-0.39, 0.29) is 6.54 Å². The zero-order valence-corrected chi connectivity index (χ0v) is 14.7. The zero-order valence-electron chi connectivity index (χ0n) is 14.7. The second-order valence-electron chi connectivity index (χ2n) is 6.19. The first-order chi connectivity index (χ1) is 12.2. The molecule has 1 aliphatic rings. The smallest absolute Gasteiger partial charge is 0.127 e. The number of nitroso groups, excluding NO2 is 1. The van der Waals surface area contributed by atoms with Crippen molar-refractivity contribution in [1.29, 1.82) is 0 Å². The third-order valence-corrected chi connectivity index (χ3v) is 4.31. The highest BCUT2D eigenvalue weighted by atomic mass is 16.5. The minimum Gasteiger partial charge on any atom is -0.494 e. The molecule has 0 atom stereocenters. The van der Waals surface area contributed by atoms with Gasteiger partial charge >= 0.3 is 0 Å². The fourth-order valence-electron chi connectivity index (χ4n) is 3.24. The van der Waals surface area contributed by atoms with Crippen molar-refractivity contribution < 1.29 is 14.2 Å². The van der Waals surface area contributed by atoms with Crippen molar-refractivity contribution in [2.45, 2.75) is 26.4 Å². The van der Waals surface area contributed by atoms with Gasteiger partial charge in [-0.2, -0.15) is 4.91 Å². The van der Waals surface area contributed by atoms with Gasteiger partial charge in [-0.15, -0.1) is 0 Å². The molecule has 0 saturated carbocycles. The van der Waals surface area contributed by atoms with Gasteiger partial charge in [0, 0.05) is 25.5 Å². The summed E-state index contributed by atoms with van der Waals surface area (Å²) in [5, 5.41) is 2.86. The molecule has 132 valence electrons. The first kappa shape index (κ1) is 17.4. The molecule has 0 aromatic heterocycles. The molecule has 0 N–H and O–H groups in total. The van der Waals surface area contributed by atoms with Gasteiger partial charge in [-0.05, 0) is 53.4 Å². The van der Waals surface area contributed by atoms with Crippen LogP contribution in [0, 0.1) is 11.8 Å². The van der Waals surface area contributed by atoms with E-state index in [0.717, 1.165) is 34.6 Å². The lowest BCUT2D eigenvalue weighted by atomic mass is 9.92. The molecule has 0 aliphatic carbocycles. The maximum Gasteiger partial charge on any atom is 0.127 e. The quantitative estimate of drug-likeness (QED) is 0.557. The predicted octanol–water partition coefficient (Wildman–Crippen LogP) is 4.28. The van der Waals surface area contributed by atoms with E-state index in [9.17, 15) is 4.91 Å². The first-order valence-electron chi connectivity index (χ1n) is 8.53. The molecule has 0 spiro atoms. The summed E-state index contributed by atoms with van der Waals surface area (Å²) < 4.78 is 17.0. The highest BCUT2D eigenvalue weighted by Crippen LogP contribution is 2.40. The molecule has 2 aromatic carbocycles. The van der Waals surface area contributed by atoms with E-state index in [1.807, 2.05) is 18.2 Å². The van der Waals surface area contributed by atoms with Crippen LogP contribution in [0.15, 0.2) is 35.5 Å². The van der Waals surface area contributed by atoms with E-state index in [1.54, 1.807) is 7.11 Å². The molecular weight excluding hydrogens is 318 g/mol. The van der Waals surface area contributed by atoms with Crippen LogP contribution < -0.4 is 9.47 Å². The molecule has 5 heteroatoms. The van der Waals surface area contributed by atoms with Crippen molar-refractivity contribution in [2.75, 3.05) is 26.9 Å². The van der Waals surface area contributed by atoms with Crippen molar-refractivity contribution in [2.24, 2.45) is 5.18 Å². The summed E-state index contributed by atoms with van der Waals surface area (Å²) in [5.74, 6) is 1.74. The molecule has 0 fully saturated rings. The van der Waals surface area contributed by atoms with Crippen LogP contribution in [-0.2, 0) is 17.8 Å².